The van der Waals surface area contributed by atoms with Crippen LogP contribution in [0.25, 0.3) is 0 Å². The molecular formula is C16H24N2OS. The van der Waals surface area contributed by atoms with E-state index in [0.29, 0.717) is 4.75 Å². The summed E-state index contributed by atoms with van der Waals surface area (Å²) in [6.07, 6.45) is 4.49. The largest absolute Gasteiger partial charge is 0.478 e. The van der Waals surface area contributed by atoms with Crippen LogP contribution in [0.1, 0.15) is 32.3 Å². The van der Waals surface area contributed by atoms with Crippen LogP contribution < -0.4 is 10.1 Å². The van der Waals surface area contributed by atoms with Gasteiger partial charge in [-0.3, -0.25) is 0 Å². The molecule has 4 heteroatoms. The zero-order chi connectivity index (χ0) is 14.8. The molecule has 0 aliphatic rings. The molecule has 1 aromatic rings. The van der Waals surface area contributed by atoms with E-state index in [1.165, 1.54) is 0 Å². The van der Waals surface area contributed by atoms with Crippen LogP contribution in [0.15, 0.2) is 24.3 Å². The van der Waals surface area contributed by atoms with Crippen LogP contribution in [-0.2, 0) is 6.54 Å². The topological polar surface area (TPSA) is 45.0 Å². The fraction of sp³-hybridized carbons (Fsp3) is 0.562. The van der Waals surface area contributed by atoms with E-state index in [4.69, 9.17) is 10.00 Å². The van der Waals surface area contributed by atoms with Gasteiger partial charge in [0.25, 0.3) is 0 Å². The monoisotopic (exact) mass is 292 g/mol. The molecule has 0 bridgehead atoms. The normalized spacial score (nSPS) is 11.1. The lowest BCUT2D eigenvalue weighted by Crippen LogP contribution is -2.36. The molecule has 1 rings (SSSR count). The van der Waals surface area contributed by atoms with E-state index in [1.807, 2.05) is 42.1 Å². The van der Waals surface area contributed by atoms with Crippen LogP contribution in [0.5, 0.6) is 5.75 Å². The lowest BCUT2D eigenvalue weighted by atomic mass is 10.0. The number of thioether (sulfide) groups is 1. The van der Waals surface area contributed by atoms with Crippen LogP contribution in [0.2, 0.25) is 0 Å². The summed E-state index contributed by atoms with van der Waals surface area (Å²) in [5.74, 6) is 0.796. The number of benzene rings is 1. The third kappa shape index (κ3) is 4.73. The molecule has 0 heterocycles. The van der Waals surface area contributed by atoms with Gasteiger partial charge >= 0.3 is 0 Å². The Bertz CT molecular complexity index is 430. The first-order valence-electron chi connectivity index (χ1n) is 7.05. The quantitative estimate of drug-likeness (QED) is 0.755. The second-order valence-corrected chi connectivity index (χ2v) is 6.03. The van der Waals surface area contributed by atoms with Crippen molar-refractivity contribution in [2.45, 2.75) is 38.0 Å². The number of nitrogens with zero attached hydrogens (tertiary/aromatic N) is 1. The van der Waals surface area contributed by atoms with Crippen LogP contribution in [0.3, 0.4) is 0 Å². The van der Waals surface area contributed by atoms with Gasteiger partial charge in [0, 0.05) is 23.4 Å². The van der Waals surface area contributed by atoms with Crippen molar-refractivity contribution < 1.29 is 4.74 Å². The Morgan fingerprint density at radius 3 is 2.60 bits per heavy atom. The number of ether oxygens (including phenoxy) is 1. The van der Waals surface area contributed by atoms with Crippen molar-refractivity contribution in [3.8, 4) is 11.8 Å². The number of nitriles is 1. The SMILES string of the molecule is CCC(CC)(CNCc1ccccc1OCC#N)SC. The molecule has 1 aromatic carbocycles. The van der Waals surface area contributed by atoms with E-state index >= 15 is 0 Å². The van der Waals surface area contributed by atoms with E-state index in [9.17, 15) is 0 Å². The predicted octanol–water partition coefficient (Wildman–Crippen LogP) is 3.60. The number of para-hydroxylation sites is 1. The van der Waals surface area contributed by atoms with Crippen LogP contribution >= 0.6 is 11.8 Å². The first kappa shape index (κ1) is 16.9. The van der Waals surface area contributed by atoms with Gasteiger partial charge in [-0.1, -0.05) is 32.0 Å². The summed E-state index contributed by atoms with van der Waals surface area (Å²) in [5, 5.41) is 12.1. The Balaban J connectivity index is 2.59. The average molecular weight is 292 g/mol. The summed E-state index contributed by atoms with van der Waals surface area (Å²) in [6, 6.07) is 9.89. The van der Waals surface area contributed by atoms with Gasteiger partial charge in [-0.15, -0.1) is 0 Å². The van der Waals surface area contributed by atoms with Crippen molar-refractivity contribution in [1.82, 2.24) is 5.32 Å². The Labute approximate surface area is 126 Å². The summed E-state index contributed by atoms with van der Waals surface area (Å²) in [6.45, 7) is 6.32. The molecule has 0 saturated heterocycles. The van der Waals surface area contributed by atoms with E-state index in [0.717, 1.165) is 37.2 Å². The molecule has 0 fully saturated rings. The number of hydrogen-bond acceptors (Lipinski definition) is 4. The third-order valence-electron chi connectivity index (χ3n) is 3.75. The summed E-state index contributed by atoms with van der Waals surface area (Å²) in [4.78, 5) is 0. The van der Waals surface area contributed by atoms with Crippen molar-refractivity contribution in [3.63, 3.8) is 0 Å². The summed E-state index contributed by atoms with van der Waals surface area (Å²) in [7, 11) is 0. The molecule has 0 aliphatic heterocycles. The Morgan fingerprint density at radius 2 is 2.00 bits per heavy atom. The smallest absolute Gasteiger partial charge is 0.174 e. The summed E-state index contributed by atoms with van der Waals surface area (Å²) in [5.41, 5.74) is 1.10. The maximum absolute atomic E-state index is 8.60. The molecule has 1 N–H and O–H groups in total. The Hall–Kier alpha value is -1.18. The van der Waals surface area contributed by atoms with Gasteiger partial charge in [0.2, 0.25) is 0 Å². The lowest BCUT2D eigenvalue weighted by molar-refractivity contribution is 0.362. The highest BCUT2D eigenvalue weighted by molar-refractivity contribution is 8.00. The highest BCUT2D eigenvalue weighted by atomic mass is 32.2. The molecular weight excluding hydrogens is 268 g/mol. The molecule has 0 aromatic heterocycles. The summed E-state index contributed by atoms with van der Waals surface area (Å²) >= 11 is 1.93. The zero-order valence-electron chi connectivity index (χ0n) is 12.6. The van der Waals surface area contributed by atoms with Gasteiger partial charge in [0.05, 0.1) is 0 Å². The zero-order valence-corrected chi connectivity index (χ0v) is 13.4. The van der Waals surface area contributed by atoms with Gasteiger partial charge < -0.3 is 10.1 Å². The molecule has 0 atom stereocenters. The highest BCUT2D eigenvalue weighted by Crippen LogP contribution is 2.29. The van der Waals surface area contributed by atoms with E-state index < -0.39 is 0 Å². The van der Waals surface area contributed by atoms with Gasteiger partial charge in [-0.2, -0.15) is 17.0 Å². The second kappa shape index (κ2) is 8.89. The van der Waals surface area contributed by atoms with Crippen molar-refractivity contribution in [2.24, 2.45) is 0 Å². The van der Waals surface area contributed by atoms with Crippen molar-refractivity contribution in [1.29, 1.82) is 5.26 Å². The van der Waals surface area contributed by atoms with Gasteiger partial charge in [0.1, 0.15) is 11.8 Å². The number of hydrogen-bond donors (Lipinski definition) is 1. The average Bonchev–Trinajstić information content (AvgIpc) is 2.51. The number of nitrogens with one attached hydrogen (secondary N) is 1. The molecule has 0 radical (unpaired) electrons. The van der Waals surface area contributed by atoms with E-state index in [2.05, 4.69) is 25.4 Å². The lowest BCUT2D eigenvalue weighted by Gasteiger charge is -2.30. The molecule has 0 saturated carbocycles. The molecule has 0 aliphatic carbocycles. The predicted molar refractivity (Wildman–Crippen MR) is 86.1 cm³/mol. The second-order valence-electron chi connectivity index (χ2n) is 4.75. The van der Waals surface area contributed by atoms with Crippen molar-refractivity contribution >= 4 is 11.8 Å². The molecule has 110 valence electrons. The molecule has 0 unspecified atom stereocenters. The Kier molecular flexibility index (Phi) is 7.50. The first-order chi connectivity index (χ1) is 9.71. The van der Waals surface area contributed by atoms with Gasteiger partial charge in [0.15, 0.2) is 6.61 Å². The van der Waals surface area contributed by atoms with E-state index in [1.54, 1.807) is 0 Å². The molecule has 3 nitrogen and oxygen atoms in total. The molecule has 0 spiro atoms. The van der Waals surface area contributed by atoms with E-state index in [-0.39, 0.29) is 6.61 Å². The standard InChI is InChI=1S/C16H24N2OS/c1-4-16(5-2,20-3)13-18-12-14-8-6-7-9-15(14)19-11-10-17/h6-9,18H,4-5,11-13H2,1-3H3. The van der Waals surface area contributed by atoms with Gasteiger partial charge in [-0.25, -0.2) is 0 Å². The van der Waals surface area contributed by atoms with Crippen LogP contribution in [0, 0.1) is 11.3 Å². The highest BCUT2D eigenvalue weighted by Gasteiger charge is 2.24. The maximum atomic E-state index is 8.60. The van der Waals surface area contributed by atoms with Crippen molar-refractivity contribution in [2.75, 3.05) is 19.4 Å². The minimum Gasteiger partial charge on any atom is -0.478 e. The van der Waals surface area contributed by atoms with Crippen LogP contribution in [0.4, 0.5) is 0 Å². The Morgan fingerprint density at radius 1 is 1.30 bits per heavy atom. The third-order valence-corrected chi connectivity index (χ3v) is 5.34. The fourth-order valence-corrected chi connectivity index (χ4v) is 3.01. The van der Waals surface area contributed by atoms with Crippen molar-refractivity contribution in [3.05, 3.63) is 29.8 Å². The number of rotatable bonds is 9. The summed E-state index contributed by atoms with van der Waals surface area (Å²) < 4.78 is 5.75. The minimum atomic E-state index is 0.0929. The maximum Gasteiger partial charge on any atom is 0.174 e. The molecule has 20 heavy (non-hydrogen) atoms. The molecule has 0 amide bonds. The van der Waals surface area contributed by atoms with Gasteiger partial charge in [-0.05, 0) is 25.2 Å². The fourth-order valence-electron chi connectivity index (χ4n) is 2.19. The first-order valence-corrected chi connectivity index (χ1v) is 8.27. The minimum absolute atomic E-state index is 0.0929. The van der Waals surface area contributed by atoms with Crippen LogP contribution in [-0.4, -0.2) is 24.2 Å².